The highest BCUT2D eigenvalue weighted by Gasteiger charge is 2.00. The lowest BCUT2D eigenvalue weighted by molar-refractivity contribution is 0.626. The second-order valence-electron chi connectivity index (χ2n) is 4.94. The van der Waals surface area contributed by atoms with E-state index in [0.717, 1.165) is 36.7 Å². The maximum atomic E-state index is 12.9. The van der Waals surface area contributed by atoms with Gasteiger partial charge in [0.2, 0.25) is 0 Å². The Hall–Kier alpha value is -1.64. The van der Waals surface area contributed by atoms with Crippen LogP contribution in [0.15, 0.2) is 41.5 Å². The Bertz CT molecular complexity index is 609. The third kappa shape index (κ3) is 6.55. The summed E-state index contributed by atoms with van der Waals surface area (Å²) in [6, 6.07) is 8.52. The van der Waals surface area contributed by atoms with Crippen LogP contribution in [0.3, 0.4) is 0 Å². The van der Waals surface area contributed by atoms with Crippen molar-refractivity contribution in [3.8, 4) is 0 Å². The van der Waals surface area contributed by atoms with Gasteiger partial charge in [-0.05, 0) is 37.1 Å². The summed E-state index contributed by atoms with van der Waals surface area (Å²) >= 11 is 0. The molecule has 126 valence electrons. The van der Waals surface area contributed by atoms with Crippen LogP contribution in [-0.2, 0) is 20.0 Å². The lowest BCUT2D eigenvalue weighted by Gasteiger charge is -2.11. The highest BCUT2D eigenvalue weighted by atomic mass is 127. The summed E-state index contributed by atoms with van der Waals surface area (Å²) in [4.78, 5) is 4.54. The van der Waals surface area contributed by atoms with Gasteiger partial charge in [-0.2, -0.15) is 5.10 Å². The van der Waals surface area contributed by atoms with E-state index in [1.54, 1.807) is 18.3 Å². The monoisotopic (exact) mass is 431 g/mol. The fourth-order valence-electron chi connectivity index (χ4n) is 2.03. The van der Waals surface area contributed by atoms with E-state index in [0.29, 0.717) is 6.54 Å². The first-order chi connectivity index (χ1) is 10.7. The van der Waals surface area contributed by atoms with Gasteiger partial charge in [0.25, 0.3) is 0 Å². The van der Waals surface area contributed by atoms with E-state index >= 15 is 0 Å². The largest absolute Gasteiger partial charge is 0.357 e. The quantitative estimate of drug-likeness (QED) is 0.420. The van der Waals surface area contributed by atoms with Gasteiger partial charge in [-0.1, -0.05) is 12.1 Å². The summed E-state index contributed by atoms with van der Waals surface area (Å²) in [7, 11) is 1.90. The SMILES string of the molecule is CCNC(=NCc1ccnn1C)NCCc1ccc(F)cc1.I. The normalized spacial score (nSPS) is 11.0. The minimum absolute atomic E-state index is 0. The van der Waals surface area contributed by atoms with Crippen LogP contribution in [0.2, 0.25) is 0 Å². The van der Waals surface area contributed by atoms with Crippen LogP contribution in [0.4, 0.5) is 4.39 Å². The summed E-state index contributed by atoms with van der Waals surface area (Å²) in [6.45, 7) is 4.14. The molecule has 0 unspecified atom stereocenters. The second-order valence-corrected chi connectivity index (χ2v) is 4.94. The molecule has 0 amide bonds. The lowest BCUT2D eigenvalue weighted by Crippen LogP contribution is -2.38. The van der Waals surface area contributed by atoms with Gasteiger partial charge in [-0.3, -0.25) is 4.68 Å². The molecule has 7 heteroatoms. The number of halogens is 2. The van der Waals surface area contributed by atoms with E-state index in [2.05, 4.69) is 20.7 Å². The van der Waals surface area contributed by atoms with Crippen molar-refractivity contribution in [1.29, 1.82) is 0 Å². The molecule has 0 aliphatic carbocycles. The molecule has 2 rings (SSSR count). The van der Waals surface area contributed by atoms with Gasteiger partial charge in [-0.25, -0.2) is 9.38 Å². The van der Waals surface area contributed by atoms with Crippen molar-refractivity contribution in [2.75, 3.05) is 13.1 Å². The molecule has 1 aromatic heterocycles. The van der Waals surface area contributed by atoms with E-state index in [-0.39, 0.29) is 29.8 Å². The summed E-state index contributed by atoms with van der Waals surface area (Å²) in [5.41, 5.74) is 2.15. The molecule has 2 N–H and O–H groups in total. The number of benzene rings is 1. The third-order valence-electron chi connectivity index (χ3n) is 3.29. The third-order valence-corrected chi connectivity index (χ3v) is 3.29. The number of aryl methyl sites for hydroxylation is 1. The zero-order valence-corrected chi connectivity index (χ0v) is 15.8. The summed E-state index contributed by atoms with van der Waals surface area (Å²) in [5.74, 6) is 0.564. The molecule has 0 spiro atoms. The van der Waals surface area contributed by atoms with Crippen LogP contribution in [0.25, 0.3) is 0 Å². The Morgan fingerprint density at radius 2 is 1.96 bits per heavy atom. The molecule has 0 saturated heterocycles. The van der Waals surface area contributed by atoms with Crippen molar-refractivity contribution in [1.82, 2.24) is 20.4 Å². The Morgan fingerprint density at radius 3 is 2.57 bits per heavy atom. The van der Waals surface area contributed by atoms with Crippen LogP contribution in [0.5, 0.6) is 0 Å². The fraction of sp³-hybridized carbons (Fsp3) is 0.375. The molecule has 2 aromatic rings. The number of guanidine groups is 1. The van der Waals surface area contributed by atoms with E-state index < -0.39 is 0 Å². The number of nitrogens with zero attached hydrogens (tertiary/aromatic N) is 3. The zero-order valence-electron chi connectivity index (χ0n) is 13.4. The van der Waals surface area contributed by atoms with Gasteiger partial charge in [0.1, 0.15) is 5.82 Å². The summed E-state index contributed by atoms with van der Waals surface area (Å²) < 4.78 is 14.7. The van der Waals surface area contributed by atoms with E-state index in [1.807, 2.05) is 24.7 Å². The number of rotatable bonds is 6. The van der Waals surface area contributed by atoms with Gasteiger partial charge < -0.3 is 10.6 Å². The molecule has 0 aliphatic heterocycles. The van der Waals surface area contributed by atoms with E-state index in [9.17, 15) is 4.39 Å². The standard InChI is InChI=1S/C16H22FN5.HI/c1-3-18-16(20-12-15-9-11-21-22(15)2)19-10-8-13-4-6-14(17)7-5-13;/h4-7,9,11H,3,8,10,12H2,1-2H3,(H2,18,19,20);1H. The summed E-state index contributed by atoms with van der Waals surface area (Å²) in [6.07, 6.45) is 2.58. The number of aliphatic imine (C=N–C) groups is 1. The number of nitrogens with one attached hydrogen (secondary N) is 2. The first kappa shape index (κ1) is 19.4. The molecule has 0 bridgehead atoms. The smallest absolute Gasteiger partial charge is 0.191 e. The Morgan fingerprint density at radius 1 is 1.22 bits per heavy atom. The predicted molar refractivity (Wildman–Crippen MR) is 102 cm³/mol. The molecule has 0 fully saturated rings. The van der Waals surface area contributed by atoms with Gasteiger partial charge >= 0.3 is 0 Å². The molecule has 0 atom stereocenters. The Kier molecular flexibility index (Phi) is 8.60. The highest BCUT2D eigenvalue weighted by Crippen LogP contribution is 2.03. The van der Waals surface area contributed by atoms with Crippen molar-refractivity contribution in [3.63, 3.8) is 0 Å². The molecule has 1 aromatic carbocycles. The van der Waals surface area contributed by atoms with Crippen LogP contribution in [0.1, 0.15) is 18.2 Å². The number of aromatic nitrogens is 2. The first-order valence-corrected chi connectivity index (χ1v) is 7.42. The maximum absolute atomic E-state index is 12.9. The summed E-state index contributed by atoms with van der Waals surface area (Å²) in [5, 5.41) is 10.6. The van der Waals surface area contributed by atoms with Crippen molar-refractivity contribution in [2.24, 2.45) is 12.0 Å². The minimum Gasteiger partial charge on any atom is -0.357 e. The average Bonchev–Trinajstić information content (AvgIpc) is 2.92. The Balaban J connectivity index is 0.00000264. The van der Waals surface area contributed by atoms with Crippen LogP contribution in [-0.4, -0.2) is 28.8 Å². The van der Waals surface area contributed by atoms with Crippen LogP contribution < -0.4 is 10.6 Å². The van der Waals surface area contributed by atoms with Gasteiger partial charge in [0, 0.05) is 26.3 Å². The molecular formula is C16H23FIN5. The first-order valence-electron chi connectivity index (χ1n) is 7.42. The van der Waals surface area contributed by atoms with Gasteiger partial charge in [0.15, 0.2) is 5.96 Å². The molecular weight excluding hydrogens is 408 g/mol. The van der Waals surface area contributed by atoms with Crippen molar-refractivity contribution < 1.29 is 4.39 Å². The van der Waals surface area contributed by atoms with E-state index in [4.69, 9.17) is 0 Å². The highest BCUT2D eigenvalue weighted by molar-refractivity contribution is 14.0. The van der Waals surface area contributed by atoms with Crippen molar-refractivity contribution >= 4 is 29.9 Å². The molecule has 23 heavy (non-hydrogen) atoms. The molecule has 1 heterocycles. The van der Waals surface area contributed by atoms with Crippen LogP contribution in [0, 0.1) is 5.82 Å². The topological polar surface area (TPSA) is 54.2 Å². The zero-order chi connectivity index (χ0) is 15.8. The van der Waals surface area contributed by atoms with Crippen LogP contribution >= 0.6 is 24.0 Å². The average molecular weight is 431 g/mol. The second kappa shape index (κ2) is 10.2. The maximum Gasteiger partial charge on any atom is 0.191 e. The van der Waals surface area contributed by atoms with E-state index in [1.165, 1.54) is 12.1 Å². The number of hydrogen-bond donors (Lipinski definition) is 2. The Labute approximate surface area is 153 Å². The molecule has 5 nitrogen and oxygen atoms in total. The molecule has 0 radical (unpaired) electrons. The minimum atomic E-state index is -0.206. The van der Waals surface area contributed by atoms with Crippen molar-refractivity contribution in [3.05, 3.63) is 53.6 Å². The lowest BCUT2D eigenvalue weighted by atomic mass is 10.1. The molecule has 0 aliphatic rings. The molecule has 0 saturated carbocycles. The van der Waals surface area contributed by atoms with Gasteiger partial charge in [0.05, 0.1) is 12.2 Å². The fourth-order valence-corrected chi connectivity index (χ4v) is 2.03. The van der Waals surface area contributed by atoms with Crippen molar-refractivity contribution in [2.45, 2.75) is 19.9 Å². The van der Waals surface area contributed by atoms with Gasteiger partial charge in [-0.15, -0.1) is 24.0 Å². The number of hydrogen-bond acceptors (Lipinski definition) is 2. The predicted octanol–water partition coefficient (Wildman–Crippen LogP) is 2.48.